The van der Waals surface area contributed by atoms with Crippen LogP contribution in [0.4, 0.5) is 17.6 Å². The van der Waals surface area contributed by atoms with Gasteiger partial charge in [-0.05, 0) is 30.7 Å². The van der Waals surface area contributed by atoms with E-state index in [1.807, 2.05) is 6.92 Å². The molecule has 2 nitrogen and oxygen atoms in total. The first-order valence-corrected chi connectivity index (χ1v) is 6.83. The molecule has 0 aliphatic carbocycles. The monoisotopic (exact) mass is 363 g/mol. The van der Waals surface area contributed by atoms with Crippen LogP contribution in [0.1, 0.15) is 17.4 Å². The summed E-state index contributed by atoms with van der Waals surface area (Å²) in [6.07, 6.45) is -3.39. The maximum atomic E-state index is 13.6. The summed E-state index contributed by atoms with van der Waals surface area (Å²) in [5, 5.41) is 0. The van der Waals surface area contributed by atoms with Crippen LogP contribution in [-0.2, 0) is 0 Å². The van der Waals surface area contributed by atoms with Crippen molar-refractivity contribution in [3.05, 3.63) is 48.0 Å². The number of rotatable bonds is 3. The van der Waals surface area contributed by atoms with Crippen molar-refractivity contribution in [1.82, 2.24) is 4.98 Å². The minimum Gasteiger partial charge on any atom is -0.403 e. The van der Waals surface area contributed by atoms with Gasteiger partial charge in [0.1, 0.15) is 0 Å². The van der Waals surface area contributed by atoms with E-state index < -0.39 is 17.9 Å². The fourth-order valence-corrected chi connectivity index (χ4v) is 1.97. The smallest absolute Gasteiger partial charge is 0.403 e. The van der Waals surface area contributed by atoms with E-state index in [1.165, 1.54) is 12.3 Å². The molecule has 1 aromatic carbocycles. The predicted octanol–water partition coefficient (Wildman–Crippen LogP) is 5.24. The van der Waals surface area contributed by atoms with Gasteiger partial charge in [-0.3, -0.25) is 4.98 Å². The fourth-order valence-electron chi connectivity index (χ4n) is 1.70. The summed E-state index contributed by atoms with van der Waals surface area (Å²) in [4.78, 5) is 4.26. The van der Waals surface area contributed by atoms with Crippen molar-refractivity contribution in [3.63, 3.8) is 0 Å². The Bertz CT molecular complexity index is 626. The Hall–Kier alpha value is -1.63. The van der Waals surface area contributed by atoms with Gasteiger partial charge in [-0.25, -0.2) is 4.39 Å². The topological polar surface area (TPSA) is 22.1 Å². The summed E-state index contributed by atoms with van der Waals surface area (Å²) < 4.78 is 53.4. The minimum atomic E-state index is -4.92. The zero-order valence-electron chi connectivity index (χ0n) is 10.8. The number of ether oxygens (including phenoxy) is 1. The summed E-state index contributed by atoms with van der Waals surface area (Å²) in [5.41, 5.74) is 1.82. The molecular formula is C14H10BrF4NO. The van der Waals surface area contributed by atoms with Crippen LogP contribution in [0.3, 0.4) is 0 Å². The van der Waals surface area contributed by atoms with E-state index >= 15 is 0 Å². The van der Waals surface area contributed by atoms with Crippen LogP contribution in [-0.4, -0.2) is 11.3 Å². The lowest BCUT2D eigenvalue weighted by molar-refractivity contribution is -0.275. The van der Waals surface area contributed by atoms with E-state index in [0.717, 1.165) is 17.8 Å². The second-order valence-corrected chi connectivity index (χ2v) is 5.65. The lowest BCUT2D eigenvalue weighted by atomic mass is 10.1. The van der Waals surface area contributed by atoms with Gasteiger partial charge in [-0.15, -0.1) is 13.2 Å². The number of aromatic nitrogens is 1. The van der Waals surface area contributed by atoms with E-state index in [2.05, 4.69) is 25.7 Å². The van der Waals surface area contributed by atoms with Gasteiger partial charge in [-0.1, -0.05) is 28.1 Å². The Morgan fingerprint density at radius 2 is 1.81 bits per heavy atom. The third-order valence-corrected chi connectivity index (χ3v) is 3.15. The van der Waals surface area contributed by atoms with Crippen molar-refractivity contribution < 1.29 is 22.3 Å². The SMILES string of the molecule is CC(Br)c1ccc(-c2ccc(OC(F)(F)F)c(F)c2)cn1. The molecule has 2 rings (SSSR count). The van der Waals surface area contributed by atoms with E-state index in [0.29, 0.717) is 11.1 Å². The normalized spacial score (nSPS) is 13.0. The average molecular weight is 364 g/mol. The van der Waals surface area contributed by atoms with Crippen LogP contribution in [0.25, 0.3) is 11.1 Å². The van der Waals surface area contributed by atoms with Crippen molar-refractivity contribution in [2.75, 3.05) is 0 Å². The van der Waals surface area contributed by atoms with Gasteiger partial charge in [0.05, 0.1) is 10.5 Å². The minimum absolute atomic E-state index is 0.0749. The van der Waals surface area contributed by atoms with Crippen LogP contribution < -0.4 is 4.74 Å². The van der Waals surface area contributed by atoms with Crippen molar-refractivity contribution >= 4 is 15.9 Å². The highest BCUT2D eigenvalue weighted by molar-refractivity contribution is 9.09. The molecule has 112 valence electrons. The highest BCUT2D eigenvalue weighted by Crippen LogP contribution is 2.30. The quantitative estimate of drug-likeness (QED) is 0.549. The first-order chi connectivity index (χ1) is 9.76. The summed E-state index contributed by atoms with van der Waals surface area (Å²) >= 11 is 3.37. The Morgan fingerprint density at radius 1 is 1.14 bits per heavy atom. The van der Waals surface area contributed by atoms with Gasteiger partial charge >= 0.3 is 6.36 Å². The summed E-state index contributed by atoms with van der Waals surface area (Å²) in [5.74, 6) is -1.94. The number of alkyl halides is 4. The van der Waals surface area contributed by atoms with Crippen LogP contribution in [0.2, 0.25) is 0 Å². The van der Waals surface area contributed by atoms with Crippen LogP contribution in [0, 0.1) is 5.82 Å². The second kappa shape index (κ2) is 6.01. The molecule has 0 radical (unpaired) electrons. The Balaban J connectivity index is 2.27. The molecule has 1 aromatic heterocycles. The molecular weight excluding hydrogens is 354 g/mol. The largest absolute Gasteiger partial charge is 0.573 e. The van der Waals surface area contributed by atoms with E-state index in [1.54, 1.807) is 12.1 Å². The van der Waals surface area contributed by atoms with E-state index in [9.17, 15) is 17.6 Å². The zero-order chi connectivity index (χ0) is 15.6. The molecule has 1 atom stereocenters. The molecule has 21 heavy (non-hydrogen) atoms. The number of hydrogen-bond acceptors (Lipinski definition) is 2. The number of halogens is 5. The predicted molar refractivity (Wildman–Crippen MR) is 73.7 cm³/mol. The number of benzene rings is 1. The Morgan fingerprint density at radius 3 is 2.29 bits per heavy atom. The van der Waals surface area contributed by atoms with Gasteiger partial charge in [-0.2, -0.15) is 0 Å². The van der Waals surface area contributed by atoms with Gasteiger partial charge in [0.25, 0.3) is 0 Å². The third kappa shape index (κ3) is 4.17. The highest BCUT2D eigenvalue weighted by atomic mass is 79.9. The molecule has 7 heteroatoms. The van der Waals surface area contributed by atoms with Crippen LogP contribution in [0.15, 0.2) is 36.5 Å². The standard InChI is InChI=1S/C14H10BrF4NO/c1-8(15)12-4-2-10(7-20-12)9-3-5-13(11(16)6-9)21-14(17,18)19/h2-8H,1H3. The Labute approximate surface area is 126 Å². The molecule has 2 aromatic rings. The molecule has 1 unspecified atom stereocenters. The molecule has 0 N–H and O–H groups in total. The molecule has 0 amide bonds. The van der Waals surface area contributed by atoms with Crippen LogP contribution >= 0.6 is 15.9 Å². The summed E-state index contributed by atoms with van der Waals surface area (Å²) in [6.45, 7) is 1.91. The zero-order valence-corrected chi connectivity index (χ0v) is 12.4. The average Bonchev–Trinajstić information content (AvgIpc) is 2.40. The lowest BCUT2D eigenvalue weighted by Crippen LogP contribution is -2.17. The van der Waals surface area contributed by atoms with Crippen molar-refractivity contribution in [3.8, 4) is 16.9 Å². The third-order valence-electron chi connectivity index (χ3n) is 2.68. The fraction of sp³-hybridized carbons (Fsp3) is 0.214. The first-order valence-electron chi connectivity index (χ1n) is 5.92. The number of hydrogen-bond donors (Lipinski definition) is 0. The molecule has 0 bridgehead atoms. The molecule has 1 heterocycles. The van der Waals surface area contributed by atoms with Crippen LogP contribution in [0.5, 0.6) is 5.75 Å². The number of pyridine rings is 1. The molecule has 0 spiro atoms. The van der Waals surface area contributed by atoms with Crippen molar-refractivity contribution in [2.45, 2.75) is 18.1 Å². The van der Waals surface area contributed by atoms with Crippen molar-refractivity contribution in [1.29, 1.82) is 0 Å². The maximum absolute atomic E-state index is 13.6. The summed E-state index contributed by atoms with van der Waals surface area (Å²) in [6, 6.07) is 6.75. The molecule has 0 aliphatic heterocycles. The van der Waals surface area contributed by atoms with E-state index in [-0.39, 0.29) is 4.83 Å². The molecule has 0 fully saturated rings. The lowest BCUT2D eigenvalue weighted by Gasteiger charge is -2.11. The van der Waals surface area contributed by atoms with Gasteiger partial charge < -0.3 is 4.74 Å². The van der Waals surface area contributed by atoms with Crippen molar-refractivity contribution in [2.24, 2.45) is 0 Å². The van der Waals surface area contributed by atoms with Gasteiger partial charge in [0.2, 0.25) is 0 Å². The highest BCUT2D eigenvalue weighted by Gasteiger charge is 2.32. The maximum Gasteiger partial charge on any atom is 0.573 e. The number of nitrogens with zero attached hydrogens (tertiary/aromatic N) is 1. The first kappa shape index (κ1) is 15.8. The van der Waals surface area contributed by atoms with E-state index in [4.69, 9.17) is 0 Å². The molecule has 0 saturated heterocycles. The van der Waals surface area contributed by atoms with Gasteiger partial charge in [0.15, 0.2) is 11.6 Å². The van der Waals surface area contributed by atoms with Gasteiger partial charge in [0, 0.05) is 11.8 Å². The Kier molecular flexibility index (Phi) is 4.51. The summed E-state index contributed by atoms with van der Waals surface area (Å²) in [7, 11) is 0. The molecule has 0 aliphatic rings. The molecule has 0 saturated carbocycles. The second-order valence-electron chi connectivity index (χ2n) is 4.28.